The van der Waals surface area contributed by atoms with Gasteiger partial charge in [-0.15, -0.1) is 24.0 Å². The number of piperazine rings is 1. The van der Waals surface area contributed by atoms with E-state index in [1.165, 1.54) is 0 Å². The van der Waals surface area contributed by atoms with Crippen molar-refractivity contribution in [3.63, 3.8) is 0 Å². The smallest absolute Gasteiger partial charge is 0.234 e. The van der Waals surface area contributed by atoms with Crippen LogP contribution >= 0.6 is 24.0 Å². The summed E-state index contributed by atoms with van der Waals surface area (Å²) in [5.41, 5.74) is -0.511. The second kappa shape index (κ2) is 12.4. The van der Waals surface area contributed by atoms with Gasteiger partial charge < -0.3 is 20.9 Å². The van der Waals surface area contributed by atoms with E-state index in [2.05, 4.69) is 30.7 Å². The summed E-state index contributed by atoms with van der Waals surface area (Å²) >= 11 is 0. The van der Waals surface area contributed by atoms with Crippen LogP contribution in [0.3, 0.4) is 0 Å². The zero-order chi connectivity index (χ0) is 19.7. The minimum atomic E-state index is -0.511. The van der Waals surface area contributed by atoms with Crippen LogP contribution in [0.25, 0.3) is 0 Å². The fourth-order valence-electron chi connectivity index (χ4n) is 2.80. The average molecular weight is 496 g/mol. The molecule has 0 atom stereocenters. The molecule has 0 radical (unpaired) electrons. The zero-order valence-corrected chi connectivity index (χ0v) is 19.9. The van der Waals surface area contributed by atoms with Crippen LogP contribution in [0, 0.1) is 5.41 Å². The maximum Gasteiger partial charge on any atom is 0.234 e. The summed E-state index contributed by atoms with van der Waals surface area (Å²) in [5, 5.41) is 9.11. The summed E-state index contributed by atoms with van der Waals surface area (Å²) in [5.74, 6) is 0.900. The molecule has 0 saturated carbocycles. The van der Waals surface area contributed by atoms with Crippen molar-refractivity contribution in [3.05, 3.63) is 0 Å². The highest BCUT2D eigenvalue weighted by molar-refractivity contribution is 14.0. The summed E-state index contributed by atoms with van der Waals surface area (Å²) in [7, 11) is 1.75. The van der Waals surface area contributed by atoms with Gasteiger partial charge in [-0.25, -0.2) is 0 Å². The number of amides is 2. The quantitative estimate of drug-likeness (QED) is 0.271. The Morgan fingerprint density at radius 2 is 1.70 bits per heavy atom. The van der Waals surface area contributed by atoms with Crippen molar-refractivity contribution in [1.29, 1.82) is 0 Å². The lowest BCUT2D eigenvalue weighted by atomic mass is 9.92. The number of hydrogen-bond acceptors (Lipinski definition) is 4. The Bertz CT molecular complexity index is 502. The maximum atomic E-state index is 12.1. The Kier molecular flexibility index (Phi) is 11.9. The summed E-state index contributed by atoms with van der Waals surface area (Å²) in [6.07, 6.45) is 0. The Morgan fingerprint density at radius 1 is 1.11 bits per heavy atom. The minimum absolute atomic E-state index is 0. The van der Waals surface area contributed by atoms with Crippen LogP contribution < -0.4 is 16.0 Å². The van der Waals surface area contributed by atoms with Crippen molar-refractivity contribution in [2.45, 2.75) is 40.7 Å². The Hall–Kier alpha value is -1.10. The first kappa shape index (κ1) is 25.9. The number of carbonyl (C=O) groups is 2. The van der Waals surface area contributed by atoms with E-state index in [1.54, 1.807) is 7.05 Å². The number of guanidine groups is 1. The SMILES string of the molecule is CCNC(=O)C(C)(C)CNC(=NC)N1CCN(CC(=O)NC(C)C)CC1.I. The van der Waals surface area contributed by atoms with E-state index in [9.17, 15) is 9.59 Å². The molecule has 1 saturated heterocycles. The van der Waals surface area contributed by atoms with Gasteiger partial charge in [-0.2, -0.15) is 0 Å². The number of rotatable bonds is 7. The molecule has 1 aliphatic heterocycles. The molecule has 9 heteroatoms. The van der Waals surface area contributed by atoms with Gasteiger partial charge in [-0.3, -0.25) is 19.5 Å². The summed E-state index contributed by atoms with van der Waals surface area (Å²) in [6.45, 7) is 14.5. The number of carbonyl (C=O) groups excluding carboxylic acids is 2. The van der Waals surface area contributed by atoms with Crippen molar-refractivity contribution in [3.8, 4) is 0 Å². The van der Waals surface area contributed by atoms with Crippen LogP contribution in [0.5, 0.6) is 0 Å². The first-order valence-electron chi connectivity index (χ1n) is 9.45. The lowest BCUT2D eigenvalue weighted by Crippen LogP contribution is -2.55. The molecule has 0 aromatic rings. The van der Waals surface area contributed by atoms with E-state index >= 15 is 0 Å². The number of halogens is 1. The van der Waals surface area contributed by atoms with Gasteiger partial charge in [0.25, 0.3) is 0 Å². The highest BCUT2D eigenvalue weighted by atomic mass is 127. The molecule has 3 N–H and O–H groups in total. The van der Waals surface area contributed by atoms with Crippen LogP contribution in [-0.4, -0.2) is 86.5 Å². The predicted molar refractivity (Wildman–Crippen MR) is 121 cm³/mol. The summed E-state index contributed by atoms with van der Waals surface area (Å²) in [4.78, 5) is 32.7. The fourth-order valence-corrected chi connectivity index (χ4v) is 2.80. The van der Waals surface area contributed by atoms with Crippen molar-refractivity contribution in [1.82, 2.24) is 25.8 Å². The van der Waals surface area contributed by atoms with E-state index in [4.69, 9.17) is 0 Å². The predicted octanol–water partition coefficient (Wildman–Crippen LogP) is 0.484. The highest BCUT2D eigenvalue weighted by Gasteiger charge is 2.28. The lowest BCUT2D eigenvalue weighted by molar-refractivity contribution is -0.129. The van der Waals surface area contributed by atoms with Crippen LogP contribution in [0.2, 0.25) is 0 Å². The average Bonchev–Trinajstić information content (AvgIpc) is 2.56. The van der Waals surface area contributed by atoms with Gasteiger partial charge in [-0.05, 0) is 34.6 Å². The van der Waals surface area contributed by atoms with Gasteiger partial charge in [0, 0.05) is 52.4 Å². The second-order valence-electron chi connectivity index (χ2n) is 7.63. The van der Waals surface area contributed by atoms with Gasteiger partial charge in [0.2, 0.25) is 11.8 Å². The van der Waals surface area contributed by atoms with Gasteiger partial charge in [0.05, 0.1) is 12.0 Å². The van der Waals surface area contributed by atoms with Crippen LogP contribution in [0.4, 0.5) is 0 Å². The Balaban J connectivity index is 0.00000676. The molecular weight excluding hydrogens is 459 g/mol. The van der Waals surface area contributed by atoms with Gasteiger partial charge >= 0.3 is 0 Å². The topological polar surface area (TPSA) is 89.1 Å². The molecule has 1 heterocycles. The van der Waals surface area contributed by atoms with Gasteiger partial charge in [0.1, 0.15) is 0 Å². The van der Waals surface area contributed by atoms with Crippen molar-refractivity contribution < 1.29 is 9.59 Å². The standard InChI is InChI=1S/C18H36N6O2.HI/c1-7-20-16(26)18(4,5)13-21-17(19-6)24-10-8-23(9-11-24)12-15(25)22-14(2)3;/h14H,7-13H2,1-6H3,(H,19,21)(H,20,26)(H,22,25);1H. The number of nitrogens with zero attached hydrogens (tertiary/aromatic N) is 3. The molecular formula is C18H37IN6O2. The van der Waals surface area contributed by atoms with Crippen molar-refractivity contribution in [2.24, 2.45) is 10.4 Å². The monoisotopic (exact) mass is 496 g/mol. The molecule has 1 rings (SSSR count). The van der Waals surface area contributed by atoms with Crippen LogP contribution in [0.1, 0.15) is 34.6 Å². The second-order valence-corrected chi connectivity index (χ2v) is 7.63. The normalized spacial score (nSPS) is 16.0. The molecule has 1 aliphatic rings. The third kappa shape index (κ3) is 9.09. The Labute approximate surface area is 180 Å². The van der Waals surface area contributed by atoms with E-state index in [0.717, 1.165) is 32.1 Å². The molecule has 0 aromatic heterocycles. The number of aliphatic imine (C=N–C) groups is 1. The summed E-state index contributed by atoms with van der Waals surface area (Å²) in [6, 6.07) is 0.167. The van der Waals surface area contributed by atoms with Crippen molar-refractivity contribution >= 4 is 41.8 Å². The third-order valence-corrected chi connectivity index (χ3v) is 4.34. The van der Waals surface area contributed by atoms with E-state index in [-0.39, 0.29) is 41.8 Å². The molecule has 27 heavy (non-hydrogen) atoms. The van der Waals surface area contributed by atoms with E-state index in [0.29, 0.717) is 19.6 Å². The lowest BCUT2D eigenvalue weighted by Gasteiger charge is -2.37. The van der Waals surface area contributed by atoms with Gasteiger partial charge in [-0.1, -0.05) is 0 Å². The first-order chi connectivity index (χ1) is 12.2. The zero-order valence-electron chi connectivity index (χ0n) is 17.6. The molecule has 0 spiro atoms. The number of nitrogens with one attached hydrogen (secondary N) is 3. The van der Waals surface area contributed by atoms with E-state index < -0.39 is 5.41 Å². The molecule has 2 amide bonds. The summed E-state index contributed by atoms with van der Waals surface area (Å²) < 4.78 is 0. The fraction of sp³-hybridized carbons (Fsp3) is 0.833. The molecule has 0 aromatic carbocycles. The third-order valence-electron chi connectivity index (χ3n) is 4.34. The van der Waals surface area contributed by atoms with Crippen LogP contribution in [0.15, 0.2) is 4.99 Å². The van der Waals surface area contributed by atoms with E-state index in [1.807, 2.05) is 34.6 Å². The molecule has 1 fully saturated rings. The number of hydrogen-bond donors (Lipinski definition) is 3. The largest absolute Gasteiger partial charge is 0.356 e. The van der Waals surface area contributed by atoms with Gasteiger partial charge in [0.15, 0.2) is 5.96 Å². The van der Waals surface area contributed by atoms with Crippen LogP contribution in [-0.2, 0) is 9.59 Å². The maximum absolute atomic E-state index is 12.1. The molecule has 0 bridgehead atoms. The highest BCUT2D eigenvalue weighted by Crippen LogP contribution is 2.14. The van der Waals surface area contributed by atoms with Crippen molar-refractivity contribution in [2.75, 3.05) is 52.9 Å². The molecule has 8 nitrogen and oxygen atoms in total. The first-order valence-corrected chi connectivity index (χ1v) is 9.45. The minimum Gasteiger partial charge on any atom is -0.356 e. The molecule has 158 valence electrons. The molecule has 0 unspecified atom stereocenters. The Morgan fingerprint density at radius 3 is 2.19 bits per heavy atom. The molecule has 0 aliphatic carbocycles.